The van der Waals surface area contributed by atoms with E-state index in [1.165, 1.54) is 35.6 Å². The molecule has 0 aliphatic rings. The first-order valence-corrected chi connectivity index (χ1v) is 9.53. The summed E-state index contributed by atoms with van der Waals surface area (Å²) < 4.78 is 10.4. The normalized spacial score (nSPS) is 11.1. The SMILES string of the molecule is COc1ccc(/C=N/Nc2nc(-c3cc4cc([N+](=O)[O-])ccc4oc3=O)cs2)cc1. The van der Waals surface area contributed by atoms with Crippen molar-refractivity contribution < 1.29 is 14.1 Å². The Morgan fingerprint density at radius 1 is 1.23 bits per heavy atom. The number of methoxy groups -OCH3 is 1. The Kier molecular flexibility index (Phi) is 5.22. The van der Waals surface area contributed by atoms with Crippen LogP contribution in [0, 0.1) is 10.1 Å². The maximum absolute atomic E-state index is 12.3. The molecule has 4 aromatic rings. The van der Waals surface area contributed by atoms with Crippen molar-refractivity contribution in [2.45, 2.75) is 0 Å². The van der Waals surface area contributed by atoms with Crippen LogP contribution in [-0.4, -0.2) is 23.2 Å². The highest BCUT2D eigenvalue weighted by Crippen LogP contribution is 2.27. The molecular formula is C20H14N4O5S. The van der Waals surface area contributed by atoms with Crippen molar-refractivity contribution in [3.8, 4) is 17.0 Å². The zero-order chi connectivity index (χ0) is 21.1. The van der Waals surface area contributed by atoms with Crippen LogP contribution in [0.25, 0.3) is 22.2 Å². The van der Waals surface area contributed by atoms with Crippen LogP contribution in [0.4, 0.5) is 10.8 Å². The van der Waals surface area contributed by atoms with Gasteiger partial charge in [0.2, 0.25) is 5.13 Å². The number of nitro groups is 1. The van der Waals surface area contributed by atoms with Crippen molar-refractivity contribution in [1.29, 1.82) is 0 Å². The van der Waals surface area contributed by atoms with Gasteiger partial charge in [0.05, 0.1) is 29.5 Å². The van der Waals surface area contributed by atoms with Gasteiger partial charge in [-0.2, -0.15) is 5.10 Å². The van der Waals surface area contributed by atoms with Gasteiger partial charge in [-0.1, -0.05) is 0 Å². The summed E-state index contributed by atoms with van der Waals surface area (Å²) in [4.78, 5) is 27.1. The van der Waals surface area contributed by atoms with Crippen LogP contribution in [0.3, 0.4) is 0 Å². The molecule has 0 radical (unpaired) electrons. The molecule has 0 fully saturated rings. The lowest BCUT2D eigenvalue weighted by Crippen LogP contribution is -2.03. The molecule has 0 saturated heterocycles. The third kappa shape index (κ3) is 4.03. The first kappa shape index (κ1) is 19.3. The van der Waals surface area contributed by atoms with Crippen LogP contribution in [0.1, 0.15) is 5.56 Å². The highest BCUT2D eigenvalue weighted by atomic mass is 32.1. The minimum absolute atomic E-state index is 0.0872. The van der Waals surface area contributed by atoms with Crippen molar-refractivity contribution >= 4 is 39.3 Å². The molecule has 0 spiro atoms. The number of nitrogens with one attached hydrogen (secondary N) is 1. The van der Waals surface area contributed by atoms with Crippen LogP contribution in [-0.2, 0) is 0 Å². The maximum Gasteiger partial charge on any atom is 0.345 e. The van der Waals surface area contributed by atoms with E-state index in [-0.39, 0.29) is 16.8 Å². The standard InChI is InChI=1S/C20H14N4O5S/c1-28-15-5-2-12(3-6-15)10-21-23-20-22-17(11-30-20)16-9-13-8-14(24(26)27)4-7-18(13)29-19(16)25/h2-11H,1H3,(H,22,23)/b21-10+. The van der Waals surface area contributed by atoms with E-state index in [0.29, 0.717) is 16.2 Å². The summed E-state index contributed by atoms with van der Waals surface area (Å²) in [6.07, 6.45) is 1.63. The number of nitrogens with zero attached hydrogens (tertiary/aromatic N) is 3. The molecular weight excluding hydrogens is 408 g/mol. The third-order valence-corrected chi connectivity index (χ3v) is 4.94. The molecule has 2 heterocycles. The van der Waals surface area contributed by atoms with E-state index in [1.54, 1.807) is 18.7 Å². The molecule has 1 N–H and O–H groups in total. The average molecular weight is 422 g/mol. The number of hydrazone groups is 1. The fraction of sp³-hybridized carbons (Fsp3) is 0.0500. The number of rotatable bonds is 6. The average Bonchev–Trinajstić information content (AvgIpc) is 3.22. The van der Waals surface area contributed by atoms with Crippen molar-refractivity contribution in [3.05, 3.63) is 80.0 Å². The molecule has 0 unspecified atom stereocenters. The Morgan fingerprint density at radius 2 is 2.03 bits per heavy atom. The van der Waals surface area contributed by atoms with Crippen LogP contribution < -0.4 is 15.8 Å². The Bertz CT molecular complexity index is 1310. The minimum Gasteiger partial charge on any atom is -0.497 e. The van der Waals surface area contributed by atoms with Gasteiger partial charge in [-0.15, -0.1) is 11.3 Å². The number of ether oxygens (including phenoxy) is 1. The van der Waals surface area contributed by atoms with Crippen LogP contribution in [0.2, 0.25) is 0 Å². The summed E-state index contributed by atoms with van der Waals surface area (Å²) in [5.74, 6) is 0.754. The highest BCUT2D eigenvalue weighted by Gasteiger charge is 2.14. The number of nitro benzene ring substituents is 1. The van der Waals surface area contributed by atoms with Crippen LogP contribution >= 0.6 is 11.3 Å². The number of non-ortho nitro benzene ring substituents is 1. The van der Waals surface area contributed by atoms with E-state index >= 15 is 0 Å². The smallest absolute Gasteiger partial charge is 0.345 e. The second kappa shape index (κ2) is 8.13. The number of fused-ring (bicyclic) bond motifs is 1. The van der Waals surface area contributed by atoms with Gasteiger partial charge in [-0.05, 0) is 42.0 Å². The molecule has 0 bridgehead atoms. The molecule has 0 saturated carbocycles. The molecule has 0 aliphatic carbocycles. The minimum atomic E-state index is -0.574. The molecule has 2 aromatic carbocycles. The molecule has 4 rings (SSSR count). The largest absolute Gasteiger partial charge is 0.497 e. The Labute approximate surface area is 173 Å². The number of thiazole rings is 1. The zero-order valence-electron chi connectivity index (χ0n) is 15.6. The predicted octanol–water partition coefficient (Wildman–Crippen LogP) is 4.28. The molecule has 30 heavy (non-hydrogen) atoms. The summed E-state index contributed by atoms with van der Waals surface area (Å²) in [6.45, 7) is 0. The lowest BCUT2D eigenvalue weighted by atomic mass is 10.1. The summed E-state index contributed by atoms with van der Waals surface area (Å²) in [5.41, 5.74) is 3.90. The third-order valence-electron chi connectivity index (χ3n) is 4.20. The summed E-state index contributed by atoms with van der Waals surface area (Å²) in [7, 11) is 1.60. The molecule has 150 valence electrons. The second-order valence-corrected chi connectivity index (χ2v) is 6.97. The lowest BCUT2D eigenvalue weighted by molar-refractivity contribution is -0.384. The fourth-order valence-corrected chi connectivity index (χ4v) is 3.36. The summed E-state index contributed by atoms with van der Waals surface area (Å²) in [5, 5.41) is 17.7. The molecule has 10 heteroatoms. The van der Waals surface area contributed by atoms with Gasteiger partial charge < -0.3 is 9.15 Å². The van der Waals surface area contributed by atoms with Gasteiger partial charge in [0, 0.05) is 22.9 Å². The predicted molar refractivity (Wildman–Crippen MR) is 114 cm³/mol. The second-order valence-electron chi connectivity index (χ2n) is 6.11. The first-order valence-electron chi connectivity index (χ1n) is 8.65. The molecule has 0 amide bonds. The number of hydrogen-bond acceptors (Lipinski definition) is 9. The lowest BCUT2D eigenvalue weighted by Gasteiger charge is -2.00. The number of anilines is 1. The van der Waals surface area contributed by atoms with E-state index in [2.05, 4.69) is 15.5 Å². The zero-order valence-corrected chi connectivity index (χ0v) is 16.4. The summed E-state index contributed by atoms with van der Waals surface area (Å²) in [6, 6.07) is 12.9. The van der Waals surface area contributed by atoms with E-state index in [4.69, 9.17) is 9.15 Å². The van der Waals surface area contributed by atoms with Gasteiger partial charge >= 0.3 is 5.63 Å². The van der Waals surface area contributed by atoms with E-state index in [1.807, 2.05) is 24.3 Å². The van der Waals surface area contributed by atoms with Crippen molar-refractivity contribution in [2.24, 2.45) is 5.10 Å². The van der Waals surface area contributed by atoms with Gasteiger partial charge in [0.1, 0.15) is 11.3 Å². The fourth-order valence-electron chi connectivity index (χ4n) is 2.70. The quantitative estimate of drug-likeness (QED) is 0.213. The first-order chi connectivity index (χ1) is 14.5. The van der Waals surface area contributed by atoms with Gasteiger partial charge in [0.15, 0.2) is 0 Å². The van der Waals surface area contributed by atoms with Crippen LogP contribution in [0.15, 0.2) is 68.2 Å². The van der Waals surface area contributed by atoms with Gasteiger partial charge in [0.25, 0.3) is 5.69 Å². The maximum atomic E-state index is 12.3. The molecule has 9 nitrogen and oxygen atoms in total. The Hall–Kier alpha value is -4.05. The molecule has 0 aliphatic heterocycles. The van der Waals surface area contributed by atoms with Crippen molar-refractivity contribution in [3.63, 3.8) is 0 Å². The topological polar surface area (TPSA) is 120 Å². The van der Waals surface area contributed by atoms with Gasteiger partial charge in [-0.3, -0.25) is 15.5 Å². The number of benzene rings is 2. The highest BCUT2D eigenvalue weighted by molar-refractivity contribution is 7.14. The monoisotopic (exact) mass is 422 g/mol. The van der Waals surface area contributed by atoms with Crippen molar-refractivity contribution in [1.82, 2.24) is 4.98 Å². The molecule has 0 atom stereocenters. The Balaban J connectivity index is 1.56. The number of hydrogen-bond donors (Lipinski definition) is 1. The van der Waals surface area contributed by atoms with Gasteiger partial charge in [-0.25, -0.2) is 9.78 Å². The summed E-state index contributed by atoms with van der Waals surface area (Å²) >= 11 is 1.26. The van der Waals surface area contributed by atoms with E-state index in [0.717, 1.165) is 11.3 Å². The number of aromatic nitrogens is 1. The van der Waals surface area contributed by atoms with Crippen LogP contribution in [0.5, 0.6) is 5.75 Å². The molecule has 2 aromatic heterocycles. The Morgan fingerprint density at radius 3 is 2.77 bits per heavy atom. The van der Waals surface area contributed by atoms with E-state index < -0.39 is 10.5 Å². The van der Waals surface area contributed by atoms with Crippen molar-refractivity contribution in [2.75, 3.05) is 12.5 Å². The van der Waals surface area contributed by atoms with E-state index in [9.17, 15) is 14.9 Å².